The van der Waals surface area contributed by atoms with Crippen LogP contribution >= 0.6 is 0 Å². The van der Waals surface area contributed by atoms with Crippen LogP contribution in [0.25, 0.3) is 39.2 Å². The lowest BCUT2D eigenvalue weighted by Gasteiger charge is -2.14. The van der Waals surface area contributed by atoms with Gasteiger partial charge in [0.05, 0.1) is 16.6 Å². The van der Waals surface area contributed by atoms with Gasteiger partial charge in [0.15, 0.2) is 18.2 Å². The molecule has 0 fully saturated rings. The van der Waals surface area contributed by atoms with E-state index in [9.17, 15) is 4.79 Å². The quantitative estimate of drug-likeness (QED) is 0.0763. The summed E-state index contributed by atoms with van der Waals surface area (Å²) in [7, 11) is 0. The predicted octanol–water partition coefficient (Wildman–Crippen LogP) is 6.78. The lowest BCUT2D eigenvalue weighted by Crippen LogP contribution is -3.00. The molecule has 5 rings (SSSR count). The second-order valence-corrected chi connectivity index (χ2v) is 12.4. The summed E-state index contributed by atoms with van der Waals surface area (Å²) in [6.07, 6.45) is 22.0. The third-order valence-corrected chi connectivity index (χ3v) is 8.91. The third kappa shape index (κ3) is 8.72. The summed E-state index contributed by atoms with van der Waals surface area (Å²) < 4.78 is 6.41. The molecule has 5 aromatic rings. The molecule has 3 heterocycles. The van der Waals surface area contributed by atoms with Crippen molar-refractivity contribution in [3.63, 3.8) is 0 Å². The molecule has 0 atom stereocenters. The number of hydrogen-bond donors (Lipinski definition) is 0. The lowest BCUT2D eigenvalue weighted by molar-refractivity contribution is -0.696. The summed E-state index contributed by atoms with van der Waals surface area (Å²) >= 11 is 0. The molecular weight excluding hydrogens is 620 g/mol. The van der Waals surface area contributed by atoms with Crippen LogP contribution in [0.4, 0.5) is 0 Å². The highest BCUT2D eigenvalue weighted by Crippen LogP contribution is 2.31. The Bertz CT molecular complexity index is 1670. The Labute approximate surface area is 280 Å². The van der Waals surface area contributed by atoms with Crippen molar-refractivity contribution in [1.82, 2.24) is 14.0 Å². The summed E-state index contributed by atoms with van der Waals surface area (Å²) in [5.41, 5.74) is 5.46. The van der Waals surface area contributed by atoms with Crippen molar-refractivity contribution < 1.29 is 21.5 Å². The van der Waals surface area contributed by atoms with E-state index >= 15 is 0 Å². The number of halogens is 1. The van der Waals surface area contributed by atoms with Crippen molar-refractivity contribution in [2.24, 2.45) is 0 Å². The van der Waals surface area contributed by atoms with E-state index in [1.807, 2.05) is 28.8 Å². The molecule has 0 aliphatic carbocycles. The number of rotatable bonds is 18. The second-order valence-electron chi connectivity index (χ2n) is 12.4. The normalized spacial score (nSPS) is 11.3. The highest BCUT2D eigenvalue weighted by Gasteiger charge is 2.23. The maximum absolute atomic E-state index is 14.4. The maximum atomic E-state index is 14.4. The number of pyridine rings is 1. The summed E-state index contributed by atoms with van der Waals surface area (Å²) in [5, 5.41) is 0. The van der Waals surface area contributed by atoms with Crippen LogP contribution in [0, 0.1) is 0 Å². The van der Waals surface area contributed by atoms with E-state index in [2.05, 4.69) is 77.7 Å². The van der Waals surface area contributed by atoms with Gasteiger partial charge >= 0.3 is 0 Å². The number of nitrogens with zero attached hydrogens (tertiary/aromatic N) is 4. The van der Waals surface area contributed by atoms with Gasteiger partial charge < -0.3 is 21.5 Å². The molecule has 2 aromatic carbocycles. The number of para-hydroxylation sites is 2. The van der Waals surface area contributed by atoms with Crippen LogP contribution in [0.2, 0.25) is 0 Å². The van der Waals surface area contributed by atoms with Gasteiger partial charge in [-0.2, -0.15) is 0 Å². The van der Waals surface area contributed by atoms with Crippen molar-refractivity contribution in [3.8, 4) is 22.6 Å². The third-order valence-electron chi connectivity index (χ3n) is 8.91. The number of aromatic nitrogens is 4. The first-order chi connectivity index (χ1) is 21.7. The van der Waals surface area contributed by atoms with Crippen molar-refractivity contribution >= 4 is 16.6 Å². The highest BCUT2D eigenvalue weighted by atomic mass is 79.9. The van der Waals surface area contributed by atoms with Gasteiger partial charge in [-0.05, 0) is 31.0 Å². The van der Waals surface area contributed by atoms with Gasteiger partial charge in [-0.15, -0.1) is 0 Å². The first-order valence-corrected chi connectivity index (χ1v) is 17.3. The van der Waals surface area contributed by atoms with E-state index in [1.165, 1.54) is 77.0 Å². The molecular formula is C39H51BrN4O. The molecule has 0 radical (unpaired) electrons. The van der Waals surface area contributed by atoms with Crippen LogP contribution in [0.15, 0.2) is 83.9 Å². The fraction of sp³-hybridized carbons (Fsp3) is 0.462. The van der Waals surface area contributed by atoms with E-state index in [0.717, 1.165) is 59.6 Å². The molecule has 0 aliphatic rings. The number of unbranched alkanes of at least 4 members (excludes halogenated alkanes) is 12. The summed E-state index contributed by atoms with van der Waals surface area (Å²) in [4.78, 5) is 19.7. The van der Waals surface area contributed by atoms with E-state index in [1.54, 1.807) is 0 Å². The first-order valence-electron chi connectivity index (χ1n) is 17.3. The van der Waals surface area contributed by atoms with Crippen molar-refractivity contribution in [2.45, 2.75) is 117 Å². The topological polar surface area (TPSA) is 43.2 Å². The molecule has 0 spiro atoms. The van der Waals surface area contributed by atoms with Gasteiger partial charge in [-0.1, -0.05) is 127 Å². The Morgan fingerprint density at radius 2 is 1.22 bits per heavy atom. The average Bonchev–Trinajstić information content (AvgIpc) is 3.47. The number of benzene rings is 2. The monoisotopic (exact) mass is 670 g/mol. The van der Waals surface area contributed by atoms with Gasteiger partial charge in [0.1, 0.15) is 17.8 Å². The minimum atomic E-state index is 0. The number of hydrogen-bond acceptors (Lipinski definition) is 2. The minimum absolute atomic E-state index is 0. The van der Waals surface area contributed by atoms with E-state index in [0.29, 0.717) is 5.52 Å². The summed E-state index contributed by atoms with van der Waals surface area (Å²) in [5.74, 6) is 0.823. The molecule has 3 aromatic heterocycles. The van der Waals surface area contributed by atoms with Crippen LogP contribution in [-0.2, 0) is 13.1 Å². The van der Waals surface area contributed by atoms with Crippen molar-refractivity contribution in [3.05, 3.63) is 89.5 Å². The zero-order valence-electron chi connectivity index (χ0n) is 27.4. The lowest BCUT2D eigenvalue weighted by atomic mass is 10.1. The van der Waals surface area contributed by atoms with Crippen molar-refractivity contribution in [1.29, 1.82) is 0 Å². The maximum Gasteiger partial charge on any atom is 0.277 e. The van der Waals surface area contributed by atoms with Gasteiger partial charge in [0.2, 0.25) is 0 Å². The van der Waals surface area contributed by atoms with E-state index in [-0.39, 0.29) is 22.5 Å². The number of fused-ring (bicyclic) bond motifs is 3. The van der Waals surface area contributed by atoms with Gasteiger partial charge in [-0.3, -0.25) is 9.20 Å². The molecule has 0 N–H and O–H groups in total. The Kier molecular flexibility index (Phi) is 13.9. The molecule has 240 valence electrons. The molecule has 0 aliphatic heterocycles. The van der Waals surface area contributed by atoms with Crippen LogP contribution in [0.3, 0.4) is 0 Å². The fourth-order valence-electron chi connectivity index (χ4n) is 6.46. The zero-order chi connectivity index (χ0) is 30.6. The smallest absolute Gasteiger partial charge is 0.277 e. The van der Waals surface area contributed by atoms with E-state index < -0.39 is 0 Å². The van der Waals surface area contributed by atoms with Crippen LogP contribution in [0.5, 0.6) is 0 Å². The van der Waals surface area contributed by atoms with Gasteiger partial charge in [0.25, 0.3) is 5.56 Å². The molecule has 6 heteroatoms. The van der Waals surface area contributed by atoms with Crippen LogP contribution < -0.4 is 27.1 Å². The molecule has 0 saturated heterocycles. The van der Waals surface area contributed by atoms with Crippen LogP contribution in [-0.4, -0.2) is 14.0 Å². The molecule has 0 saturated carbocycles. The summed E-state index contributed by atoms with van der Waals surface area (Å²) in [6.45, 7) is 6.24. The minimum Gasteiger partial charge on any atom is -1.00 e. The second kappa shape index (κ2) is 18.0. The van der Waals surface area contributed by atoms with Gasteiger partial charge in [0, 0.05) is 24.6 Å². The Balaban J connectivity index is 0.00000461. The van der Waals surface area contributed by atoms with Crippen LogP contribution in [0.1, 0.15) is 104 Å². The first kappa shape index (κ1) is 34.6. The molecule has 5 nitrogen and oxygen atoms in total. The Morgan fingerprint density at radius 1 is 0.644 bits per heavy atom. The predicted molar refractivity (Wildman–Crippen MR) is 184 cm³/mol. The number of aryl methyl sites for hydroxylation is 2. The Morgan fingerprint density at radius 3 is 1.91 bits per heavy atom. The SMILES string of the molecule is CCCCCCCCCn1c(=O)c2c(-c3ccccc3)nc(-c3ccc[n+](CCCCCCCCC)c3)n2c2ccccc21.[Br-]. The summed E-state index contributed by atoms with van der Waals surface area (Å²) in [6, 6.07) is 22.8. The Hall–Kier alpha value is -3.25. The van der Waals surface area contributed by atoms with E-state index in [4.69, 9.17) is 4.98 Å². The molecule has 0 bridgehead atoms. The molecule has 0 unspecified atom stereocenters. The van der Waals surface area contributed by atoms with Crippen molar-refractivity contribution in [2.75, 3.05) is 0 Å². The fourth-order valence-corrected chi connectivity index (χ4v) is 6.46. The number of imidazole rings is 1. The molecule has 45 heavy (non-hydrogen) atoms. The van der Waals surface area contributed by atoms with Gasteiger partial charge in [-0.25, -0.2) is 9.55 Å². The molecule has 0 amide bonds. The zero-order valence-corrected chi connectivity index (χ0v) is 29.0. The average molecular weight is 672 g/mol. The standard InChI is InChI=1S/C39H51N4O.BrH/c1-3-5-7-9-11-13-20-28-41-29-22-25-33(31-41)38-40-36(32-23-16-15-17-24-32)37-39(44)42(30-21-14-12-10-8-6-4-2)34-26-18-19-27-35(34)43(37)38;/h15-19,22-27,29,31H,3-14,20-21,28,30H2,1-2H3;1H/q+1;/p-1. The highest BCUT2D eigenvalue weighted by molar-refractivity contribution is 5.88. The largest absolute Gasteiger partial charge is 1.00 e.